The largest absolute Gasteiger partial charge is 0.489 e. The average Bonchev–Trinajstić information content (AvgIpc) is 2.92. The zero-order valence-corrected chi connectivity index (χ0v) is 20.0. The Balaban J connectivity index is 1.27. The first-order valence-electron chi connectivity index (χ1n) is 12.2. The second-order valence-electron chi connectivity index (χ2n) is 9.13. The van der Waals surface area contributed by atoms with Crippen LogP contribution in [0.15, 0.2) is 109 Å². The second-order valence-corrected chi connectivity index (χ2v) is 9.13. The van der Waals surface area contributed by atoms with Crippen molar-refractivity contribution in [2.45, 2.75) is 31.5 Å². The number of hydrogen-bond acceptors (Lipinski definition) is 4. The predicted molar refractivity (Wildman–Crippen MR) is 141 cm³/mol. The van der Waals surface area contributed by atoms with Crippen molar-refractivity contribution in [3.8, 4) is 5.75 Å². The van der Waals surface area contributed by atoms with Crippen molar-refractivity contribution >= 4 is 17.5 Å². The third-order valence-corrected chi connectivity index (χ3v) is 6.50. The fourth-order valence-electron chi connectivity index (χ4n) is 4.63. The molecule has 0 fully saturated rings. The Morgan fingerprint density at radius 1 is 0.806 bits per heavy atom. The Kier molecular flexibility index (Phi) is 7.01. The van der Waals surface area contributed by atoms with Crippen molar-refractivity contribution in [1.82, 2.24) is 0 Å². The topological polar surface area (TPSA) is 59.0 Å². The van der Waals surface area contributed by atoms with E-state index in [0.717, 1.165) is 22.4 Å². The van der Waals surface area contributed by atoms with Crippen molar-refractivity contribution < 1.29 is 19.4 Å². The van der Waals surface area contributed by atoms with E-state index < -0.39 is 11.7 Å². The van der Waals surface area contributed by atoms with Crippen molar-refractivity contribution in [2.24, 2.45) is 0 Å². The number of carbonyl (C=O) groups is 1. The van der Waals surface area contributed by atoms with Gasteiger partial charge in [-0.1, -0.05) is 78.9 Å². The van der Waals surface area contributed by atoms with Crippen LogP contribution in [0.5, 0.6) is 5.75 Å². The number of rotatable bonds is 7. The molecule has 0 spiro atoms. The number of benzene rings is 4. The second kappa shape index (κ2) is 10.7. The van der Waals surface area contributed by atoms with Gasteiger partial charge >= 0.3 is 6.09 Å². The van der Waals surface area contributed by atoms with E-state index in [1.807, 2.05) is 109 Å². The lowest BCUT2D eigenvalue weighted by molar-refractivity contribution is -0.0297. The molecule has 5 heteroatoms. The minimum Gasteiger partial charge on any atom is -0.489 e. The summed E-state index contributed by atoms with van der Waals surface area (Å²) in [5.74, 6) is 0.842. The number of para-hydroxylation sites is 2. The van der Waals surface area contributed by atoms with Gasteiger partial charge in [0.15, 0.2) is 0 Å². The van der Waals surface area contributed by atoms with Crippen molar-refractivity contribution in [3.05, 3.63) is 126 Å². The van der Waals surface area contributed by atoms with Crippen LogP contribution in [0, 0.1) is 0 Å². The predicted octanol–water partition coefficient (Wildman–Crippen LogP) is 6.46. The fraction of sp³-hybridized carbons (Fsp3) is 0.194. The number of nitrogens with zero attached hydrogens (tertiary/aromatic N) is 1. The van der Waals surface area contributed by atoms with Crippen LogP contribution in [0.1, 0.15) is 23.1 Å². The zero-order chi connectivity index (χ0) is 24.8. The van der Waals surface area contributed by atoms with E-state index in [-0.39, 0.29) is 6.61 Å². The minimum atomic E-state index is -1.14. The molecule has 1 N–H and O–H groups in total. The van der Waals surface area contributed by atoms with E-state index >= 15 is 0 Å². The molecule has 1 aliphatic carbocycles. The summed E-state index contributed by atoms with van der Waals surface area (Å²) in [4.78, 5) is 14.7. The molecule has 0 heterocycles. The maximum absolute atomic E-state index is 13.2. The summed E-state index contributed by atoms with van der Waals surface area (Å²) in [5.41, 5.74) is 3.51. The summed E-state index contributed by atoms with van der Waals surface area (Å²) in [6.45, 7) is 0.407. The summed E-state index contributed by atoms with van der Waals surface area (Å²) >= 11 is 0. The molecule has 1 atom stereocenters. The molecule has 0 bridgehead atoms. The average molecular weight is 480 g/mol. The molecule has 4 aromatic rings. The van der Waals surface area contributed by atoms with Gasteiger partial charge in [-0.3, -0.25) is 0 Å². The molecule has 5 rings (SSSR count). The number of amides is 1. The summed E-state index contributed by atoms with van der Waals surface area (Å²) in [5, 5.41) is 11.4. The molecular weight excluding hydrogens is 450 g/mol. The first-order chi connectivity index (χ1) is 17.6. The highest BCUT2D eigenvalue weighted by Gasteiger charge is 2.35. The third kappa shape index (κ3) is 5.42. The molecule has 0 saturated carbocycles. The van der Waals surface area contributed by atoms with Crippen LogP contribution in [0.25, 0.3) is 0 Å². The number of hydrogen-bond donors (Lipinski definition) is 1. The quantitative estimate of drug-likeness (QED) is 0.330. The van der Waals surface area contributed by atoms with Gasteiger partial charge in [0.1, 0.15) is 24.6 Å². The first kappa shape index (κ1) is 23.6. The van der Waals surface area contributed by atoms with Crippen LogP contribution in [-0.4, -0.2) is 23.4 Å². The van der Waals surface area contributed by atoms with E-state index in [9.17, 15) is 9.90 Å². The van der Waals surface area contributed by atoms with Crippen molar-refractivity contribution in [2.75, 3.05) is 11.5 Å². The molecule has 36 heavy (non-hydrogen) atoms. The van der Waals surface area contributed by atoms with Gasteiger partial charge in [0, 0.05) is 6.42 Å². The van der Waals surface area contributed by atoms with Crippen LogP contribution < -0.4 is 9.64 Å². The number of anilines is 2. The van der Waals surface area contributed by atoms with E-state index in [4.69, 9.17) is 9.47 Å². The molecule has 0 aliphatic heterocycles. The Hall–Kier alpha value is -4.09. The Labute approximate surface area is 211 Å². The van der Waals surface area contributed by atoms with Gasteiger partial charge in [0.25, 0.3) is 0 Å². The molecule has 1 amide bonds. The monoisotopic (exact) mass is 479 g/mol. The fourth-order valence-corrected chi connectivity index (χ4v) is 4.63. The van der Waals surface area contributed by atoms with E-state index in [1.165, 1.54) is 4.90 Å². The van der Waals surface area contributed by atoms with E-state index in [1.54, 1.807) is 0 Å². The normalized spacial score (nSPS) is 16.6. The molecule has 182 valence electrons. The lowest BCUT2D eigenvalue weighted by Crippen LogP contribution is -2.42. The van der Waals surface area contributed by atoms with Crippen LogP contribution in [0.3, 0.4) is 0 Å². The molecular formula is C31H29NO4. The highest BCUT2D eigenvalue weighted by atomic mass is 16.6. The van der Waals surface area contributed by atoms with Crippen molar-refractivity contribution in [3.63, 3.8) is 0 Å². The lowest BCUT2D eigenvalue weighted by Gasteiger charge is -2.34. The summed E-state index contributed by atoms with van der Waals surface area (Å²) in [6.07, 6.45) is 1.01. The first-order valence-corrected chi connectivity index (χ1v) is 12.2. The molecule has 1 aliphatic rings. The minimum absolute atomic E-state index is 0.0868. The highest BCUT2D eigenvalue weighted by molar-refractivity contribution is 5.95. The van der Waals surface area contributed by atoms with Gasteiger partial charge in [0.05, 0.1) is 11.4 Å². The molecule has 5 nitrogen and oxygen atoms in total. The van der Waals surface area contributed by atoms with Gasteiger partial charge in [-0.15, -0.1) is 0 Å². The molecule has 0 saturated heterocycles. The van der Waals surface area contributed by atoms with Gasteiger partial charge in [-0.25, -0.2) is 9.69 Å². The lowest BCUT2D eigenvalue weighted by atomic mass is 9.80. The van der Waals surface area contributed by atoms with E-state index in [0.29, 0.717) is 37.2 Å². The highest BCUT2D eigenvalue weighted by Crippen LogP contribution is 2.35. The SMILES string of the molecule is O=C(OC[C@@]1(O)CCc2c(cccc2OCc2ccccc2)C1)N(c1ccccc1)c1ccccc1. The van der Waals surface area contributed by atoms with Crippen LogP contribution in [0.4, 0.5) is 16.2 Å². The Bertz CT molecular complexity index is 1250. The molecule has 0 radical (unpaired) electrons. The van der Waals surface area contributed by atoms with E-state index in [2.05, 4.69) is 0 Å². The standard InChI is InChI=1S/C31H29NO4/c33-30(32(26-14-6-2-7-15-26)27-16-8-3-9-17-27)36-23-31(34)20-19-28-25(21-31)13-10-18-29(28)35-22-24-11-4-1-5-12-24/h1-18,34H,19-23H2/t31-/m1/s1. The molecule has 0 unspecified atom stereocenters. The Morgan fingerprint density at radius 2 is 1.42 bits per heavy atom. The zero-order valence-electron chi connectivity index (χ0n) is 20.0. The van der Waals surface area contributed by atoms with Gasteiger partial charge < -0.3 is 14.6 Å². The number of aliphatic hydroxyl groups is 1. The maximum Gasteiger partial charge on any atom is 0.419 e. The molecule has 0 aromatic heterocycles. The van der Waals surface area contributed by atoms with Crippen LogP contribution >= 0.6 is 0 Å². The van der Waals surface area contributed by atoms with Gasteiger partial charge in [-0.05, 0) is 59.9 Å². The smallest absolute Gasteiger partial charge is 0.419 e. The maximum atomic E-state index is 13.2. The van der Waals surface area contributed by atoms with Crippen LogP contribution in [-0.2, 0) is 24.2 Å². The Morgan fingerprint density at radius 3 is 2.06 bits per heavy atom. The number of ether oxygens (including phenoxy) is 2. The van der Waals surface area contributed by atoms with Gasteiger partial charge in [-0.2, -0.15) is 0 Å². The van der Waals surface area contributed by atoms with Gasteiger partial charge in [0.2, 0.25) is 0 Å². The summed E-state index contributed by atoms with van der Waals surface area (Å²) < 4.78 is 11.8. The molecule has 4 aromatic carbocycles. The number of carbonyl (C=O) groups excluding carboxylic acids is 1. The van der Waals surface area contributed by atoms with Crippen molar-refractivity contribution in [1.29, 1.82) is 0 Å². The summed E-state index contributed by atoms with van der Waals surface area (Å²) in [6, 6.07) is 34.7. The number of fused-ring (bicyclic) bond motifs is 1. The summed E-state index contributed by atoms with van der Waals surface area (Å²) in [7, 11) is 0. The van der Waals surface area contributed by atoms with Crippen LogP contribution in [0.2, 0.25) is 0 Å². The third-order valence-electron chi connectivity index (χ3n) is 6.50.